The van der Waals surface area contributed by atoms with Gasteiger partial charge in [-0.2, -0.15) is 4.31 Å². The molecule has 2 aromatic rings. The minimum Gasteiger partial charge on any atom is -0.506 e. The van der Waals surface area contributed by atoms with Crippen molar-refractivity contribution in [1.82, 2.24) is 4.31 Å². The number of phenolic OH excluding ortho intramolecular Hbond substituents is 1. The minimum absolute atomic E-state index is 0.0632. The number of sulfonamides is 1. The Morgan fingerprint density at radius 2 is 1.67 bits per heavy atom. The van der Waals surface area contributed by atoms with E-state index in [1.807, 2.05) is 0 Å². The lowest BCUT2D eigenvalue weighted by Crippen LogP contribution is -2.32. The van der Waals surface area contributed by atoms with E-state index in [2.05, 4.69) is 10.6 Å². The van der Waals surface area contributed by atoms with Crippen LogP contribution in [0.15, 0.2) is 47.4 Å². The molecule has 3 rings (SSSR count). The molecule has 0 radical (unpaired) electrons. The van der Waals surface area contributed by atoms with Crippen LogP contribution in [0, 0.1) is 0 Å². The molecule has 8 nitrogen and oxygen atoms in total. The summed E-state index contributed by atoms with van der Waals surface area (Å²) >= 11 is 0. The first kappa shape index (κ1) is 21.8. The van der Waals surface area contributed by atoms with E-state index in [0.29, 0.717) is 18.8 Å². The molecule has 2 amide bonds. The zero-order valence-electron chi connectivity index (χ0n) is 16.7. The number of carbonyl (C=O) groups is 2. The van der Waals surface area contributed by atoms with Crippen LogP contribution in [0.3, 0.4) is 0 Å². The van der Waals surface area contributed by atoms with Gasteiger partial charge in [-0.3, -0.25) is 9.59 Å². The van der Waals surface area contributed by atoms with Crippen molar-refractivity contribution in [1.29, 1.82) is 0 Å². The molecule has 1 heterocycles. The molecular weight excluding hydrogens is 406 g/mol. The first-order valence-corrected chi connectivity index (χ1v) is 11.2. The second kappa shape index (κ2) is 9.27. The number of anilines is 2. The van der Waals surface area contributed by atoms with E-state index in [1.165, 1.54) is 53.7 Å². The third-order valence-corrected chi connectivity index (χ3v) is 6.76. The highest BCUT2D eigenvalue weighted by Gasteiger charge is 2.26. The Bertz CT molecular complexity index is 1040. The topological polar surface area (TPSA) is 116 Å². The van der Waals surface area contributed by atoms with Crippen molar-refractivity contribution in [3.05, 3.63) is 48.0 Å². The molecule has 3 N–H and O–H groups in total. The monoisotopic (exact) mass is 431 g/mol. The van der Waals surface area contributed by atoms with E-state index >= 15 is 0 Å². The lowest BCUT2D eigenvalue weighted by molar-refractivity contribution is -0.114. The van der Waals surface area contributed by atoms with Gasteiger partial charge in [0.2, 0.25) is 15.9 Å². The number of aromatic hydroxyl groups is 1. The van der Waals surface area contributed by atoms with Gasteiger partial charge in [-0.15, -0.1) is 0 Å². The molecule has 2 aromatic carbocycles. The smallest absolute Gasteiger partial charge is 0.255 e. The molecule has 1 fully saturated rings. The Labute approximate surface area is 176 Å². The molecule has 0 spiro atoms. The van der Waals surface area contributed by atoms with Gasteiger partial charge in [0.05, 0.1) is 10.6 Å². The normalized spacial score (nSPS) is 15.2. The Kier molecular flexibility index (Phi) is 6.73. The van der Waals surface area contributed by atoms with Gasteiger partial charge in [-0.05, 0) is 49.2 Å². The molecule has 0 unspecified atom stereocenters. The Hall–Kier alpha value is -2.91. The van der Waals surface area contributed by atoms with E-state index in [0.717, 1.165) is 25.7 Å². The molecule has 30 heavy (non-hydrogen) atoms. The fourth-order valence-corrected chi connectivity index (χ4v) is 4.90. The second-order valence-corrected chi connectivity index (χ2v) is 9.15. The van der Waals surface area contributed by atoms with E-state index in [1.54, 1.807) is 0 Å². The first-order valence-electron chi connectivity index (χ1n) is 9.79. The molecule has 0 bridgehead atoms. The van der Waals surface area contributed by atoms with Gasteiger partial charge >= 0.3 is 0 Å². The third kappa shape index (κ3) is 5.17. The fraction of sp³-hybridized carbons (Fsp3) is 0.333. The summed E-state index contributed by atoms with van der Waals surface area (Å²) in [5.74, 6) is -1.03. The summed E-state index contributed by atoms with van der Waals surface area (Å²) in [5.41, 5.74) is 0.662. The number of phenols is 1. The van der Waals surface area contributed by atoms with Crippen LogP contribution in [0.5, 0.6) is 5.75 Å². The summed E-state index contributed by atoms with van der Waals surface area (Å²) in [7, 11) is -3.69. The van der Waals surface area contributed by atoms with Crippen molar-refractivity contribution in [2.75, 3.05) is 23.7 Å². The van der Waals surface area contributed by atoms with Crippen LogP contribution in [0.1, 0.15) is 43.0 Å². The molecule has 0 aromatic heterocycles. The molecule has 160 valence electrons. The SMILES string of the molecule is CC(=O)Nc1ccc(O)c(NC(=O)c2cccc(S(=O)(=O)N3CCCCCC3)c2)c1. The Morgan fingerprint density at radius 1 is 0.967 bits per heavy atom. The summed E-state index contributed by atoms with van der Waals surface area (Å²) in [6, 6.07) is 10.1. The summed E-state index contributed by atoms with van der Waals surface area (Å²) < 4.78 is 27.4. The lowest BCUT2D eigenvalue weighted by Gasteiger charge is -2.20. The second-order valence-electron chi connectivity index (χ2n) is 7.21. The maximum Gasteiger partial charge on any atom is 0.255 e. The van der Waals surface area contributed by atoms with E-state index < -0.39 is 15.9 Å². The van der Waals surface area contributed by atoms with Gasteiger partial charge in [-0.25, -0.2) is 8.42 Å². The maximum atomic E-state index is 13.0. The molecule has 1 aliphatic heterocycles. The highest BCUT2D eigenvalue weighted by Crippen LogP contribution is 2.28. The van der Waals surface area contributed by atoms with Gasteiger partial charge in [0, 0.05) is 31.3 Å². The Morgan fingerprint density at radius 3 is 2.33 bits per heavy atom. The number of carbonyl (C=O) groups excluding carboxylic acids is 2. The van der Waals surface area contributed by atoms with Crippen LogP contribution in [-0.2, 0) is 14.8 Å². The molecule has 0 aliphatic carbocycles. The van der Waals surface area contributed by atoms with Crippen molar-refractivity contribution in [2.45, 2.75) is 37.5 Å². The first-order chi connectivity index (χ1) is 14.3. The standard InChI is InChI=1S/C21H25N3O5S/c1-15(25)22-17-9-10-20(26)19(14-17)23-21(27)16-7-6-8-18(13-16)30(28,29)24-11-4-2-3-5-12-24/h6-10,13-14,26H,2-5,11-12H2,1H3,(H,22,25)(H,23,27). The average Bonchev–Trinajstić information content (AvgIpc) is 3.00. The number of nitrogens with zero attached hydrogens (tertiary/aromatic N) is 1. The predicted octanol–water partition coefficient (Wildman–Crippen LogP) is 3.17. The van der Waals surface area contributed by atoms with Crippen LogP contribution in [0.25, 0.3) is 0 Å². The van der Waals surface area contributed by atoms with E-state index in [9.17, 15) is 23.1 Å². The summed E-state index contributed by atoms with van der Waals surface area (Å²) in [6.07, 6.45) is 3.66. The highest BCUT2D eigenvalue weighted by atomic mass is 32.2. The summed E-state index contributed by atoms with van der Waals surface area (Å²) in [4.78, 5) is 24.0. The molecular formula is C21H25N3O5S. The number of benzene rings is 2. The maximum absolute atomic E-state index is 13.0. The van der Waals surface area contributed by atoms with Gasteiger partial charge < -0.3 is 15.7 Å². The van der Waals surface area contributed by atoms with Crippen molar-refractivity contribution < 1.29 is 23.1 Å². The molecule has 0 saturated carbocycles. The number of hydrogen-bond donors (Lipinski definition) is 3. The zero-order valence-corrected chi connectivity index (χ0v) is 17.5. The number of amides is 2. The van der Waals surface area contributed by atoms with Crippen LogP contribution >= 0.6 is 0 Å². The van der Waals surface area contributed by atoms with Gasteiger partial charge in [0.1, 0.15) is 5.75 Å². The van der Waals surface area contributed by atoms with Crippen molar-refractivity contribution >= 4 is 33.2 Å². The van der Waals surface area contributed by atoms with Gasteiger partial charge in [0.15, 0.2) is 0 Å². The number of nitrogens with one attached hydrogen (secondary N) is 2. The third-order valence-electron chi connectivity index (χ3n) is 4.86. The largest absolute Gasteiger partial charge is 0.506 e. The number of hydrogen-bond acceptors (Lipinski definition) is 5. The fourth-order valence-electron chi connectivity index (χ4n) is 3.34. The summed E-state index contributed by atoms with van der Waals surface area (Å²) in [5, 5.41) is 15.1. The number of rotatable bonds is 5. The predicted molar refractivity (Wildman–Crippen MR) is 114 cm³/mol. The van der Waals surface area contributed by atoms with Crippen LogP contribution < -0.4 is 10.6 Å². The van der Waals surface area contributed by atoms with Gasteiger partial charge in [-0.1, -0.05) is 18.9 Å². The summed E-state index contributed by atoms with van der Waals surface area (Å²) in [6.45, 7) is 2.30. The molecule has 9 heteroatoms. The van der Waals surface area contributed by atoms with Crippen LogP contribution in [-0.4, -0.2) is 42.7 Å². The van der Waals surface area contributed by atoms with E-state index in [4.69, 9.17) is 0 Å². The van der Waals surface area contributed by atoms with Crippen molar-refractivity contribution in [3.8, 4) is 5.75 Å². The lowest BCUT2D eigenvalue weighted by atomic mass is 10.2. The van der Waals surface area contributed by atoms with Gasteiger partial charge in [0.25, 0.3) is 5.91 Å². The Balaban J connectivity index is 1.82. The van der Waals surface area contributed by atoms with Crippen LogP contribution in [0.2, 0.25) is 0 Å². The molecule has 1 saturated heterocycles. The van der Waals surface area contributed by atoms with Crippen molar-refractivity contribution in [2.24, 2.45) is 0 Å². The quantitative estimate of drug-likeness (QED) is 0.497. The molecule has 0 atom stereocenters. The van der Waals surface area contributed by atoms with E-state index in [-0.39, 0.29) is 27.8 Å². The minimum atomic E-state index is -3.69. The highest BCUT2D eigenvalue weighted by molar-refractivity contribution is 7.89. The van der Waals surface area contributed by atoms with Crippen molar-refractivity contribution in [3.63, 3.8) is 0 Å². The average molecular weight is 432 g/mol. The zero-order chi connectivity index (χ0) is 21.7. The molecule has 1 aliphatic rings. The van der Waals surface area contributed by atoms with Crippen LogP contribution in [0.4, 0.5) is 11.4 Å².